The molecule has 0 N–H and O–H groups in total. The Morgan fingerprint density at radius 2 is 2.06 bits per heavy atom. The van der Waals surface area contributed by atoms with Crippen LogP contribution in [0.15, 0.2) is 0 Å². The van der Waals surface area contributed by atoms with Gasteiger partial charge in [0.15, 0.2) is 0 Å². The van der Waals surface area contributed by atoms with Crippen LogP contribution >= 0.6 is 0 Å². The molecule has 2 rings (SSSR count). The van der Waals surface area contributed by atoms with Crippen LogP contribution in [0.3, 0.4) is 0 Å². The summed E-state index contributed by atoms with van der Waals surface area (Å²) in [6.45, 7) is 3.38. The zero-order valence-electron chi connectivity index (χ0n) is 11.9. The fourth-order valence-corrected chi connectivity index (χ4v) is 3.71. The van der Waals surface area contributed by atoms with Gasteiger partial charge in [0.2, 0.25) is 0 Å². The van der Waals surface area contributed by atoms with Crippen LogP contribution in [0.25, 0.3) is 0 Å². The summed E-state index contributed by atoms with van der Waals surface area (Å²) in [5, 5.41) is 0. The summed E-state index contributed by atoms with van der Waals surface area (Å²) in [4.78, 5) is 14.4. The van der Waals surface area contributed by atoms with E-state index in [4.69, 9.17) is 4.74 Å². The van der Waals surface area contributed by atoms with Crippen molar-refractivity contribution in [2.45, 2.75) is 70.4 Å². The lowest BCUT2D eigenvalue weighted by Crippen LogP contribution is -2.51. The van der Waals surface area contributed by atoms with E-state index < -0.39 is 0 Å². The minimum atomic E-state index is -0.0201. The maximum Gasteiger partial charge on any atom is 0.323 e. The highest BCUT2D eigenvalue weighted by molar-refractivity contribution is 5.75. The normalized spacial score (nSPS) is 34.2. The predicted octanol–water partition coefficient (Wildman–Crippen LogP) is 2.98. The molecule has 1 aliphatic heterocycles. The maximum atomic E-state index is 11.9. The first-order valence-electron chi connectivity index (χ1n) is 7.59. The molecule has 0 radical (unpaired) electrons. The Hall–Kier alpha value is -0.570. The van der Waals surface area contributed by atoms with Gasteiger partial charge in [-0.2, -0.15) is 0 Å². The van der Waals surface area contributed by atoms with Crippen LogP contribution in [-0.2, 0) is 9.53 Å². The van der Waals surface area contributed by atoms with Gasteiger partial charge in [0.1, 0.15) is 6.04 Å². The lowest BCUT2D eigenvalue weighted by atomic mass is 9.82. The molecule has 0 bridgehead atoms. The minimum absolute atomic E-state index is 0.0201. The van der Waals surface area contributed by atoms with Gasteiger partial charge in [-0.25, -0.2) is 0 Å². The second-order valence-electron chi connectivity index (χ2n) is 5.87. The molecular formula is C15H27NO2. The smallest absolute Gasteiger partial charge is 0.323 e. The number of carbonyl (C=O) groups is 1. The van der Waals surface area contributed by atoms with Crippen LogP contribution in [0.4, 0.5) is 0 Å². The van der Waals surface area contributed by atoms with E-state index in [1.165, 1.54) is 52.1 Å². The van der Waals surface area contributed by atoms with Crippen LogP contribution in [0.2, 0.25) is 0 Å². The van der Waals surface area contributed by atoms with Crippen LogP contribution in [-0.4, -0.2) is 36.6 Å². The topological polar surface area (TPSA) is 29.5 Å². The third-order valence-corrected chi connectivity index (χ3v) is 4.82. The highest BCUT2D eigenvalue weighted by atomic mass is 16.5. The van der Waals surface area contributed by atoms with Crippen molar-refractivity contribution in [2.75, 3.05) is 13.7 Å². The summed E-state index contributed by atoms with van der Waals surface area (Å²) in [5.41, 5.74) is 0. The Kier molecular flexibility index (Phi) is 5.04. The SMILES string of the molecule is CCC1CCCC(N2CCCCC2C(=O)OC)C1. The first-order chi connectivity index (χ1) is 8.76. The largest absolute Gasteiger partial charge is 0.468 e. The first-order valence-corrected chi connectivity index (χ1v) is 7.59. The highest BCUT2D eigenvalue weighted by Gasteiger charge is 2.36. The number of esters is 1. The molecule has 0 aromatic heterocycles. The molecule has 2 aliphatic rings. The fourth-order valence-electron chi connectivity index (χ4n) is 3.71. The molecule has 0 amide bonds. The summed E-state index contributed by atoms with van der Waals surface area (Å²) in [7, 11) is 1.52. The quantitative estimate of drug-likeness (QED) is 0.724. The summed E-state index contributed by atoms with van der Waals surface area (Å²) in [6, 6.07) is 0.650. The molecule has 18 heavy (non-hydrogen) atoms. The summed E-state index contributed by atoms with van der Waals surface area (Å²) >= 11 is 0. The zero-order valence-corrected chi connectivity index (χ0v) is 11.9. The van der Waals surface area contributed by atoms with Crippen molar-refractivity contribution in [1.29, 1.82) is 0 Å². The third kappa shape index (κ3) is 3.05. The van der Waals surface area contributed by atoms with E-state index >= 15 is 0 Å². The number of piperidine rings is 1. The number of hydrogen-bond acceptors (Lipinski definition) is 3. The Balaban J connectivity index is 2.01. The molecule has 3 heteroatoms. The van der Waals surface area contributed by atoms with E-state index in [-0.39, 0.29) is 12.0 Å². The van der Waals surface area contributed by atoms with Crippen LogP contribution < -0.4 is 0 Å². The molecule has 2 fully saturated rings. The zero-order chi connectivity index (χ0) is 13.0. The van der Waals surface area contributed by atoms with Crippen molar-refractivity contribution >= 4 is 5.97 Å². The molecule has 0 spiro atoms. The number of nitrogens with zero attached hydrogens (tertiary/aromatic N) is 1. The standard InChI is InChI=1S/C15H27NO2/c1-3-12-7-6-8-13(11-12)16-10-5-4-9-14(16)15(17)18-2/h12-14H,3-11H2,1-2H3. The van der Waals surface area contributed by atoms with Crippen molar-refractivity contribution in [2.24, 2.45) is 5.92 Å². The van der Waals surface area contributed by atoms with Crippen molar-refractivity contribution in [3.05, 3.63) is 0 Å². The molecule has 3 atom stereocenters. The molecule has 3 unspecified atom stereocenters. The molecule has 0 aromatic rings. The average molecular weight is 253 g/mol. The van der Waals surface area contributed by atoms with E-state index in [9.17, 15) is 4.79 Å². The number of methoxy groups -OCH3 is 1. The second-order valence-corrected chi connectivity index (χ2v) is 5.87. The summed E-state index contributed by atoms with van der Waals surface area (Å²) in [6.07, 6.45) is 9.93. The average Bonchev–Trinajstić information content (AvgIpc) is 2.46. The van der Waals surface area contributed by atoms with E-state index in [0.29, 0.717) is 6.04 Å². The van der Waals surface area contributed by atoms with Crippen LogP contribution in [0.1, 0.15) is 58.3 Å². The van der Waals surface area contributed by atoms with Gasteiger partial charge in [0.25, 0.3) is 0 Å². The van der Waals surface area contributed by atoms with Crippen molar-refractivity contribution in [3.8, 4) is 0 Å². The number of hydrogen-bond donors (Lipinski definition) is 0. The van der Waals surface area contributed by atoms with Crippen LogP contribution in [0, 0.1) is 5.92 Å². The van der Waals surface area contributed by atoms with Gasteiger partial charge >= 0.3 is 5.97 Å². The Bertz CT molecular complexity index is 280. The molecule has 104 valence electrons. The van der Waals surface area contributed by atoms with E-state index in [0.717, 1.165) is 18.9 Å². The number of rotatable bonds is 3. The lowest BCUT2D eigenvalue weighted by Gasteiger charge is -2.43. The summed E-state index contributed by atoms with van der Waals surface area (Å²) in [5.74, 6) is 0.845. The van der Waals surface area contributed by atoms with Gasteiger partial charge in [0, 0.05) is 6.04 Å². The Morgan fingerprint density at radius 1 is 1.22 bits per heavy atom. The molecule has 1 saturated heterocycles. The summed E-state index contributed by atoms with van der Waals surface area (Å²) < 4.78 is 4.98. The van der Waals surface area contributed by atoms with Crippen molar-refractivity contribution < 1.29 is 9.53 Å². The minimum Gasteiger partial charge on any atom is -0.468 e. The van der Waals surface area contributed by atoms with Crippen molar-refractivity contribution in [3.63, 3.8) is 0 Å². The highest BCUT2D eigenvalue weighted by Crippen LogP contribution is 2.33. The Morgan fingerprint density at radius 3 is 2.78 bits per heavy atom. The predicted molar refractivity (Wildman–Crippen MR) is 72.4 cm³/mol. The van der Waals surface area contributed by atoms with Crippen molar-refractivity contribution in [1.82, 2.24) is 4.90 Å². The number of ether oxygens (including phenoxy) is 1. The van der Waals surface area contributed by atoms with Crippen LogP contribution in [0.5, 0.6) is 0 Å². The number of carbonyl (C=O) groups excluding carboxylic acids is 1. The fraction of sp³-hybridized carbons (Fsp3) is 0.933. The van der Waals surface area contributed by atoms with Gasteiger partial charge < -0.3 is 4.74 Å². The molecular weight excluding hydrogens is 226 g/mol. The maximum absolute atomic E-state index is 11.9. The molecule has 1 heterocycles. The Labute approximate surface area is 111 Å². The molecule has 1 saturated carbocycles. The molecule has 1 aliphatic carbocycles. The van der Waals surface area contributed by atoms with Gasteiger partial charge in [-0.3, -0.25) is 9.69 Å². The second kappa shape index (κ2) is 6.55. The van der Waals surface area contributed by atoms with Gasteiger partial charge in [-0.15, -0.1) is 0 Å². The van der Waals surface area contributed by atoms with E-state index in [2.05, 4.69) is 11.8 Å². The van der Waals surface area contributed by atoms with Gasteiger partial charge in [-0.05, 0) is 38.1 Å². The van der Waals surface area contributed by atoms with Gasteiger partial charge in [0.05, 0.1) is 7.11 Å². The monoisotopic (exact) mass is 253 g/mol. The molecule has 0 aromatic carbocycles. The lowest BCUT2D eigenvalue weighted by molar-refractivity contribution is -0.150. The first kappa shape index (κ1) is 13.9. The molecule has 3 nitrogen and oxygen atoms in total. The van der Waals surface area contributed by atoms with Gasteiger partial charge in [-0.1, -0.05) is 32.6 Å². The van der Waals surface area contributed by atoms with E-state index in [1.54, 1.807) is 0 Å². The third-order valence-electron chi connectivity index (χ3n) is 4.82. The van der Waals surface area contributed by atoms with E-state index in [1.807, 2.05) is 0 Å². The number of likely N-dealkylation sites (tertiary alicyclic amines) is 1.